The maximum Gasteiger partial charge on any atom is 0.181 e. The molecule has 0 atom stereocenters. The molecule has 0 aliphatic heterocycles. The Morgan fingerprint density at radius 1 is 1.27 bits per heavy atom. The van der Waals surface area contributed by atoms with Crippen molar-refractivity contribution in [2.75, 3.05) is 5.73 Å². The van der Waals surface area contributed by atoms with Gasteiger partial charge < -0.3 is 5.73 Å². The first kappa shape index (κ1) is 9.71. The van der Waals surface area contributed by atoms with Crippen LogP contribution in [0.2, 0.25) is 0 Å². The van der Waals surface area contributed by atoms with E-state index in [0.717, 1.165) is 35.7 Å². The molecule has 2 aromatic rings. The molecule has 0 fully saturated rings. The first-order chi connectivity index (χ1) is 7.29. The Morgan fingerprint density at radius 3 is 2.67 bits per heavy atom. The smallest absolute Gasteiger partial charge is 0.181 e. The Morgan fingerprint density at radius 2 is 2.00 bits per heavy atom. The summed E-state index contributed by atoms with van der Waals surface area (Å²) in [6.45, 7) is 2.12. The molecule has 1 heterocycles. The van der Waals surface area contributed by atoms with E-state index in [1.54, 1.807) is 0 Å². The van der Waals surface area contributed by atoms with Crippen LogP contribution < -0.4 is 5.73 Å². The molecule has 0 saturated carbocycles. The van der Waals surface area contributed by atoms with Gasteiger partial charge in [0.1, 0.15) is 5.82 Å². The van der Waals surface area contributed by atoms with Crippen LogP contribution in [-0.2, 0) is 6.42 Å². The molecule has 4 heteroatoms. The number of hydrogen-bond acceptors (Lipinski definition) is 3. The number of hydrogen-bond donors (Lipinski definition) is 2. The number of aryl methyl sites for hydroxylation is 1. The number of aromatic nitrogens is 3. The number of benzene rings is 1. The molecule has 0 radical (unpaired) electrons. The van der Waals surface area contributed by atoms with E-state index >= 15 is 0 Å². The molecule has 3 N–H and O–H groups in total. The lowest BCUT2D eigenvalue weighted by Crippen LogP contribution is -1.86. The van der Waals surface area contributed by atoms with E-state index in [2.05, 4.69) is 22.1 Å². The summed E-state index contributed by atoms with van der Waals surface area (Å²) < 4.78 is 0. The summed E-state index contributed by atoms with van der Waals surface area (Å²) >= 11 is 0. The molecule has 0 aliphatic carbocycles. The van der Waals surface area contributed by atoms with Gasteiger partial charge in [-0.15, -0.1) is 0 Å². The lowest BCUT2D eigenvalue weighted by molar-refractivity contribution is 0.841. The number of nitrogens with two attached hydrogens (primary N) is 1. The molecule has 0 saturated heterocycles. The third-order valence-corrected chi connectivity index (χ3v) is 2.19. The van der Waals surface area contributed by atoms with Crippen molar-refractivity contribution in [1.82, 2.24) is 15.2 Å². The minimum atomic E-state index is 0.735. The quantitative estimate of drug-likeness (QED) is 0.748. The van der Waals surface area contributed by atoms with Gasteiger partial charge in [0.05, 0.1) is 0 Å². The normalized spacial score (nSPS) is 10.5. The van der Waals surface area contributed by atoms with E-state index < -0.39 is 0 Å². The number of rotatable bonds is 3. The van der Waals surface area contributed by atoms with E-state index in [-0.39, 0.29) is 0 Å². The van der Waals surface area contributed by atoms with Crippen molar-refractivity contribution in [2.24, 2.45) is 0 Å². The van der Waals surface area contributed by atoms with E-state index in [9.17, 15) is 0 Å². The van der Waals surface area contributed by atoms with Crippen molar-refractivity contribution in [2.45, 2.75) is 19.8 Å². The minimum Gasteiger partial charge on any atom is -0.399 e. The highest BCUT2D eigenvalue weighted by Gasteiger charge is 2.04. The fraction of sp³-hybridized carbons (Fsp3) is 0.273. The largest absolute Gasteiger partial charge is 0.399 e. The van der Waals surface area contributed by atoms with Crippen LogP contribution in [0, 0.1) is 0 Å². The molecule has 2 rings (SSSR count). The fourth-order valence-corrected chi connectivity index (χ4v) is 1.41. The van der Waals surface area contributed by atoms with Gasteiger partial charge in [-0.2, -0.15) is 5.10 Å². The number of anilines is 1. The summed E-state index contributed by atoms with van der Waals surface area (Å²) in [6.07, 6.45) is 2.00. The molecule has 4 nitrogen and oxygen atoms in total. The number of nitrogens with zero attached hydrogens (tertiary/aromatic N) is 2. The molecule has 1 aromatic heterocycles. The molecular formula is C11H14N4. The van der Waals surface area contributed by atoms with Crippen LogP contribution in [0.5, 0.6) is 0 Å². The van der Waals surface area contributed by atoms with Gasteiger partial charge in [0.15, 0.2) is 5.82 Å². The maximum absolute atomic E-state index is 5.61. The van der Waals surface area contributed by atoms with Crippen LogP contribution >= 0.6 is 0 Å². The monoisotopic (exact) mass is 202 g/mol. The Hall–Kier alpha value is -1.84. The Labute approximate surface area is 88.5 Å². The topological polar surface area (TPSA) is 67.6 Å². The highest BCUT2D eigenvalue weighted by atomic mass is 15.2. The lowest BCUT2D eigenvalue weighted by atomic mass is 10.2. The average molecular weight is 202 g/mol. The molecule has 1 aromatic carbocycles. The second-order valence-electron chi connectivity index (χ2n) is 3.48. The number of aromatic amines is 1. The average Bonchev–Trinajstić information content (AvgIpc) is 2.68. The predicted octanol–water partition coefficient (Wildman–Crippen LogP) is 2.01. The summed E-state index contributed by atoms with van der Waals surface area (Å²) in [4.78, 5) is 4.39. The molecule has 0 amide bonds. The molecule has 15 heavy (non-hydrogen) atoms. The van der Waals surface area contributed by atoms with Crippen LogP contribution in [0.25, 0.3) is 11.4 Å². The van der Waals surface area contributed by atoms with Gasteiger partial charge in [0.25, 0.3) is 0 Å². The second-order valence-corrected chi connectivity index (χ2v) is 3.48. The van der Waals surface area contributed by atoms with Gasteiger partial charge in [-0.3, -0.25) is 5.10 Å². The maximum atomic E-state index is 5.61. The lowest BCUT2D eigenvalue weighted by Gasteiger charge is -1.95. The van der Waals surface area contributed by atoms with Gasteiger partial charge in [-0.05, 0) is 30.7 Å². The van der Waals surface area contributed by atoms with Crippen LogP contribution in [0.1, 0.15) is 19.2 Å². The third-order valence-electron chi connectivity index (χ3n) is 2.19. The van der Waals surface area contributed by atoms with E-state index in [1.807, 2.05) is 24.3 Å². The van der Waals surface area contributed by atoms with Crippen molar-refractivity contribution >= 4 is 5.69 Å². The van der Waals surface area contributed by atoms with Crippen molar-refractivity contribution in [3.8, 4) is 11.4 Å². The van der Waals surface area contributed by atoms with Crippen LogP contribution in [0.4, 0.5) is 5.69 Å². The zero-order valence-electron chi connectivity index (χ0n) is 8.70. The van der Waals surface area contributed by atoms with E-state index in [0.29, 0.717) is 0 Å². The summed E-state index contributed by atoms with van der Waals surface area (Å²) in [5.41, 5.74) is 7.35. The summed E-state index contributed by atoms with van der Waals surface area (Å²) in [7, 11) is 0. The third kappa shape index (κ3) is 2.15. The van der Waals surface area contributed by atoms with E-state index in [4.69, 9.17) is 5.73 Å². The molecule has 0 spiro atoms. The van der Waals surface area contributed by atoms with Crippen molar-refractivity contribution in [1.29, 1.82) is 0 Å². The fourth-order valence-electron chi connectivity index (χ4n) is 1.41. The van der Waals surface area contributed by atoms with Crippen molar-refractivity contribution < 1.29 is 0 Å². The number of nitrogen functional groups attached to an aromatic ring is 1. The van der Waals surface area contributed by atoms with Gasteiger partial charge in [0, 0.05) is 17.7 Å². The zero-order chi connectivity index (χ0) is 10.7. The highest BCUT2D eigenvalue weighted by Crippen LogP contribution is 2.16. The Kier molecular flexibility index (Phi) is 2.67. The Bertz CT molecular complexity index is 430. The molecule has 0 unspecified atom stereocenters. The van der Waals surface area contributed by atoms with E-state index in [1.165, 1.54) is 0 Å². The first-order valence-corrected chi connectivity index (χ1v) is 5.07. The summed E-state index contributed by atoms with van der Waals surface area (Å²) in [5.74, 6) is 1.67. The van der Waals surface area contributed by atoms with Gasteiger partial charge in [-0.25, -0.2) is 4.98 Å². The Balaban J connectivity index is 2.25. The van der Waals surface area contributed by atoms with Gasteiger partial charge in [-0.1, -0.05) is 6.92 Å². The van der Waals surface area contributed by atoms with Crippen LogP contribution in [0.3, 0.4) is 0 Å². The summed E-state index contributed by atoms with van der Waals surface area (Å²) in [6, 6.07) is 7.55. The van der Waals surface area contributed by atoms with Gasteiger partial charge >= 0.3 is 0 Å². The zero-order valence-corrected chi connectivity index (χ0v) is 8.70. The molecule has 0 bridgehead atoms. The standard InChI is InChI=1S/C11H14N4/c1-2-3-10-13-11(15-14-10)8-4-6-9(12)7-5-8/h4-7H,2-3,12H2,1H3,(H,13,14,15). The number of H-pyrrole nitrogens is 1. The highest BCUT2D eigenvalue weighted by molar-refractivity contribution is 5.58. The summed E-state index contributed by atoms with van der Waals surface area (Å²) in [5, 5.41) is 7.09. The second kappa shape index (κ2) is 4.13. The SMILES string of the molecule is CCCc1nc(-c2ccc(N)cc2)n[nH]1. The number of nitrogens with one attached hydrogen (secondary N) is 1. The molecular weight excluding hydrogens is 188 g/mol. The predicted molar refractivity (Wildman–Crippen MR) is 60.2 cm³/mol. The van der Waals surface area contributed by atoms with Crippen molar-refractivity contribution in [3.05, 3.63) is 30.1 Å². The molecule has 78 valence electrons. The first-order valence-electron chi connectivity index (χ1n) is 5.07. The van der Waals surface area contributed by atoms with Crippen molar-refractivity contribution in [3.63, 3.8) is 0 Å². The van der Waals surface area contributed by atoms with Gasteiger partial charge in [0.2, 0.25) is 0 Å². The van der Waals surface area contributed by atoms with Crippen LogP contribution in [-0.4, -0.2) is 15.2 Å². The van der Waals surface area contributed by atoms with Crippen LogP contribution in [0.15, 0.2) is 24.3 Å². The molecule has 0 aliphatic rings. The minimum absolute atomic E-state index is 0.735.